The fourth-order valence-corrected chi connectivity index (χ4v) is 3.01. The van der Waals surface area contributed by atoms with E-state index in [1.165, 1.54) is 23.5 Å². The lowest BCUT2D eigenvalue weighted by Gasteiger charge is -2.06. The standard InChI is InChI=1S/C14H8ClF3N2S/c15-10-5-6-21-12(10)11-7-19-13(20-11)8-1-3-9(4-2-8)14(16,17)18/h1-7H,(H,19,20). The number of nitrogens with zero attached hydrogens (tertiary/aromatic N) is 1. The lowest BCUT2D eigenvalue weighted by Crippen LogP contribution is -2.04. The van der Waals surface area contributed by atoms with Crippen LogP contribution in [0.15, 0.2) is 41.9 Å². The molecule has 0 amide bonds. The van der Waals surface area contributed by atoms with Gasteiger partial charge in [-0.3, -0.25) is 0 Å². The molecule has 0 aliphatic rings. The molecule has 3 rings (SSSR count). The van der Waals surface area contributed by atoms with Crippen LogP contribution < -0.4 is 0 Å². The van der Waals surface area contributed by atoms with Gasteiger partial charge in [-0.25, -0.2) is 4.98 Å². The normalized spacial score (nSPS) is 11.8. The Balaban J connectivity index is 1.92. The summed E-state index contributed by atoms with van der Waals surface area (Å²) in [5, 5.41) is 2.47. The average molecular weight is 329 g/mol. The monoisotopic (exact) mass is 328 g/mol. The first-order chi connectivity index (χ1) is 9.95. The molecular formula is C14H8ClF3N2S. The Hall–Kier alpha value is -1.79. The van der Waals surface area contributed by atoms with Crippen LogP contribution in [0.4, 0.5) is 13.2 Å². The van der Waals surface area contributed by atoms with Crippen molar-refractivity contribution in [2.45, 2.75) is 6.18 Å². The van der Waals surface area contributed by atoms with Gasteiger partial charge in [-0.15, -0.1) is 11.3 Å². The number of aromatic nitrogens is 2. The maximum absolute atomic E-state index is 12.5. The summed E-state index contributed by atoms with van der Waals surface area (Å²) in [6.45, 7) is 0. The number of hydrogen-bond donors (Lipinski definition) is 1. The number of aromatic amines is 1. The van der Waals surface area contributed by atoms with Crippen molar-refractivity contribution in [3.05, 3.63) is 52.5 Å². The third-order valence-electron chi connectivity index (χ3n) is 2.92. The lowest BCUT2D eigenvalue weighted by atomic mass is 10.1. The molecule has 0 saturated heterocycles. The third kappa shape index (κ3) is 2.82. The number of benzene rings is 1. The van der Waals surface area contributed by atoms with Crippen molar-refractivity contribution in [2.75, 3.05) is 0 Å². The minimum absolute atomic E-state index is 0.503. The number of thiophene rings is 1. The molecule has 0 unspecified atom stereocenters. The molecule has 2 nitrogen and oxygen atoms in total. The topological polar surface area (TPSA) is 28.7 Å². The number of rotatable bonds is 2. The van der Waals surface area contributed by atoms with Crippen molar-refractivity contribution < 1.29 is 13.2 Å². The van der Waals surface area contributed by atoms with E-state index in [0.717, 1.165) is 22.7 Å². The van der Waals surface area contributed by atoms with E-state index in [2.05, 4.69) is 9.97 Å². The summed E-state index contributed by atoms with van der Waals surface area (Å²) in [5.74, 6) is 0.503. The number of halogens is 4. The molecule has 108 valence electrons. The van der Waals surface area contributed by atoms with Crippen LogP contribution in [0.5, 0.6) is 0 Å². The van der Waals surface area contributed by atoms with E-state index in [-0.39, 0.29) is 0 Å². The Kier molecular flexibility index (Phi) is 3.51. The zero-order valence-corrected chi connectivity index (χ0v) is 12.0. The molecule has 21 heavy (non-hydrogen) atoms. The molecule has 0 spiro atoms. The fraction of sp³-hybridized carbons (Fsp3) is 0.0714. The second-order valence-corrected chi connectivity index (χ2v) is 5.64. The first kappa shape index (κ1) is 14.2. The molecule has 0 bridgehead atoms. The van der Waals surface area contributed by atoms with Crippen LogP contribution in [0, 0.1) is 0 Å². The fourth-order valence-electron chi connectivity index (χ4n) is 1.89. The number of imidazole rings is 1. The number of nitrogens with one attached hydrogen (secondary N) is 1. The Labute approximate surface area is 127 Å². The molecule has 2 heterocycles. The predicted octanol–water partition coefficient (Wildman–Crippen LogP) is 5.48. The summed E-state index contributed by atoms with van der Waals surface area (Å²) in [7, 11) is 0. The number of hydrogen-bond acceptors (Lipinski definition) is 2. The maximum atomic E-state index is 12.5. The smallest absolute Gasteiger partial charge is 0.337 e. The molecule has 3 aromatic rings. The highest BCUT2D eigenvalue weighted by atomic mass is 35.5. The van der Waals surface area contributed by atoms with Crippen LogP contribution >= 0.6 is 22.9 Å². The third-order valence-corrected chi connectivity index (χ3v) is 4.30. The molecule has 0 fully saturated rings. The highest BCUT2D eigenvalue weighted by Gasteiger charge is 2.30. The van der Waals surface area contributed by atoms with E-state index >= 15 is 0 Å². The zero-order chi connectivity index (χ0) is 15.0. The minimum Gasteiger partial charge on any atom is -0.337 e. The van der Waals surface area contributed by atoms with E-state index in [0.29, 0.717) is 16.4 Å². The predicted molar refractivity (Wildman–Crippen MR) is 77.3 cm³/mol. The number of H-pyrrole nitrogens is 1. The minimum atomic E-state index is -4.34. The van der Waals surface area contributed by atoms with Crippen LogP contribution in [-0.4, -0.2) is 9.97 Å². The first-order valence-corrected chi connectivity index (χ1v) is 7.17. The van der Waals surface area contributed by atoms with Crippen LogP contribution in [0.25, 0.3) is 22.0 Å². The quantitative estimate of drug-likeness (QED) is 0.663. The Morgan fingerprint density at radius 3 is 2.38 bits per heavy atom. The van der Waals surface area contributed by atoms with Gasteiger partial charge < -0.3 is 4.98 Å². The van der Waals surface area contributed by atoms with Gasteiger partial charge in [-0.05, 0) is 23.6 Å². The molecular weight excluding hydrogens is 321 g/mol. The van der Waals surface area contributed by atoms with Crippen molar-refractivity contribution >= 4 is 22.9 Å². The largest absolute Gasteiger partial charge is 0.416 e. The highest BCUT2D eigenvalue weighted by molar-refractivity contribution is 7.14. The molecule has 1 aromatic carbocycles. The molecule has 0 aliphatic carbocycles. The maximum Gasteiger partial charge on any atom is 0.416 e. The van der Waals surface area contributed by atoms with Gasteiger partial charge in [0.1, 0.15) is 5.82 Å². The second kappa shape index (κ2) is 5.20. The zero-order valence-electron chi connectivity index (χ0n) is 10.4. The van der Waals surface area contributed by atoms with Gasteiger partial charge in [0.15, 0.2) is 0 Å². The van der Waals surface area contributed by atoms with E-state index in [4.69, 9.17) is 11.6 Å². The van der Waals surface area contributed by atoms with Crippen LogP contribution in [-0.2, 0) is 6.18 Å². The van der Waals surface area contributed by atoms with Gasteiger partial charge in [0.2, 0.25) is 0 Å². The summed E-state index contributed by atoms with van der Waals surface area (Å²) in [4.78, 5) is 8.10. The summed E-state index contributed by atoms with van der Waals surface area (Å²) in [5.41, 5.74) is 0.645. The van der Waals surface area contributed by atoms with Gasteiger partial charge in [0, 0.05) is 5.56 Å². The SMILES string of the molecule is FC(F)(F)c1ccc(-c2ncc(-c3sccc3Cl)[nH]2)cc1. The molecule has 7 heteroatoms. The molecule has 0 saturated carbocycles. The van der Waals surface area contributed by atoms with Crippen molar-refractivity contribution in [2.24, 2.45) is 0 Å². The number of alkyl halides is 3. The Morgan fingerprint density at radius 2 is 1.81 bits per heavy atom. The summed E-state index contributed by atoms with van der Waals surface area (Å²) >= 11 is 7.50. The van der Waals surface area contributed by atoms with Gasteiger partial charge >= 0.3 is 6.18 Å². The molecule has 0 radical (unpaired) electrons. The van der Waals surface area contributed by atoms with Crippen molar-refractivity contribution in [3.63, 3.8) is 0 Å². The van der Waals surface area contributed by atoms with Crippen LogP contribution in [0.1, 0.15) is 5.56 Å². The summed E-state index contributed by atoms with van der Waals surface area (Å²) in [6.07, 6.45) is -2.72. The molecule has 0 aliphatic heterocycles. The van der Waals surface area contributed by atoms with Gasteiger partial charge in [-0.1, -0.05) is 23.7 Å². The van der Waals surface area contributed by atoms with E-state index in [1.54, 1.807) is 12.3 Å². The van der Waals surface area contributed by atoms with E-state index < -0.39 is 11.7 Å². The van der Waals surface area contributed by atoms with E-state index in [1.807, 2.05) is 5.38 Å². The molecule has 0 atom stereocenters. The van der Waals surface area contributed by atoms with Gasteiger partial charge in [0.25, 0.3) is 0 Å². The van der Waals surface area contributed by atoms with Gasteiger partial charge in [-0.2, -0.15) is 13.2 Å². The lowest BCUT2D eigenvalue weighted by molar-refractivity contribution is -0.137. The highest BCUT2D eigenvalue weighted by Crippen LogP contribution is 2.34. The Morgan fingerprint density at radius 1 is 1.10 bits per heavy atom. The van der Waals surface area contributed by atoms with E-state index in [9.17, 15) is 13.2 Å². The summed E-state index contributed by atoms with van der Waals surface area (Å²) in [6, 6.07) is 6.63. The second-order valence-electron chi connectivity index (χ2n) is 4.32. The molecule has 1 N–H and O–H groups in total. The van der Waals surface area contributed by atoms with Crippen LogP contribution in [0.2, 0.25) is 5.02 Å². The van der Waals surface area contributed by atoms with Crippen molar-refractivity contribution in [3.8, 4) is 22.0 Å². The Bertz CT molecular complexity index is 759. The summed E-state index contributed by atoms with van der Waals surface area (Å²) < 4.78 is 37.6. The first-order valence-electron chi connectivity index (χ1n) is 5.91. The molecule has 2 aromatic heterocycles. The van der Waals surface area contributed by atoms with Crippen molar-refractivity contribution in [1.82, 2.24) is 9.97 Å². The van der Waals surface area contributed by atoms with Crippen LogP contribution in [0.3, 0.4) is 0 Å². The van der Waals surface area contributed by atoms with Gasteiger partial charge in [0.05, 0.1) is 27.4 Å². The van der Waals surface area contributed by atoms with Crippen molar-refractivity contribution in [1.29, 1.82) is 0 Å². The average Bonchev–Trinajstić information content (AvgIpc) is 3.06.